The zero-order valence-electron chi connectivity index (χ0n) is 17.2. The van der Waals surface area contributed by atoms with E-state index in [1.165, 1.54) is 22.7 Å². The Hall–Kier alpha value is -2.57. The number of nitrogens with zero attached hydrogens (tertiary/aromatic N) is 2. The van der Waals surface area contributed by atoms with E-state index in [0.717, 1.165) is 5.56 Å². The van der Waals surface area contributed by atoms with E-state index in [9.17, 15) is 14.0 Å². The Labute approximate surface area is 192 Å². The van der Waals surface area contributed by atoms with Crippen molar-refractivity contribution in [3.05, 3.63) is 57.8 Å². The first-order chi connectivity index (χ1) is 14.6. The highest BCUT2D eigenvalue weighted by atomic mass is 79.9. The summed E-state index contributed by atoms with van der Waals surface area (Å²) in [5, 5.41) is 11.6. The number of carbonyl (C=O) groups excluding carboxylic acids is 2. The van der Waals surface area contributed by atoms with E-state index < -0.39 is 23.6 Å². The van der Waals surface area contributed by atoms with E-state index in [1.54, 1.807) is 51.1 Å². The van der Waals surface area contributed by atoms with Crippen molar-refractivity contribution in [1.82, 2.24) is 5.32 Å². The van der Waals surface area contributed by atoms with Gasteiger partial charge in [-0.15, -0.1) is 11.8 Å². The van der Waals surface area contributed by atoms with Gasteiger partial charge in [0.15, 0.2) is 0 Å². The Morgan fingerprint density at radius 3 is 2.65 bits per heavy atom. The zero-order chi connectivity index (χ0) is 22.8. The third-order valence-electron chi connectivity index (χ3n) is 4.38. The average Bonchev–Trinajstić information content (AvgIpc) is 2.80. The fourth-order valence-corrected chi connectivity index (χ4v) is 4.39. The largest absolute Gasteiger partial charge is 0.444 e. The minimum Gasteiger partial charge on any atom is -0.444 e. The summed E-state index contributed by atoms with van der Waals surface area (Å²) in [5.41, 5.74) is 1.14. The molecule has 2 aromatic rings. The molecule has 0 aromatic heterocycles. The maximum absolute atomic E-state index is 14.2. The summed E-state index contributed by atoms with van der Waals surface area (Å²) in [6.45, 7) is 5.42. The number of hydrogen-bond acceptors (Lipinski definition) is 5. The van der Waals surface area contributed by atoms with Crippen molar-refractivity contribution in [1.29, 1.82) is 5.26 Å². The summed E-state index contributed by atoms with van der Waals surface area (Å²) in [5.74, 6) is -0.536. The smallest absolute Gasteiger partial charge is 0.408 e. The molecule has 0 aliphatic carbocycles. The number of halogens is 2. The van der Waals surface area contributed by atoms with Gasteiger partial charge in [0.1, 0.15) is 17.5 Å². The second-order valence-corrected chi connectivity index (χ2v) is 9.89. The van der Waals surface area contributed by atoms with Crippen molar-refractivity contribution in [2.24, 2.45) is 0 Å². The van der Waals surface area contributed by atoms with E-state index >= 15 is 0 Å². The van der Waals surface area contributed by atoms with Gasteiger partial charge in [0.2, 0.25) is 0 Å². The lowest BCUT2D eigenvalue weighted by Crippen LogP contribution is -2.50. The van der Waals surface area contributed by atoms with Crippen LogP contribution in [0.1, 0.15) is 31.9 Å². The molecular formula is C22H21BrFN3O3S. The number of alkyl carbamates (subject to hydrolysis) is 1. The summed E-state index contributed by atoms with van der Waals surface area (Å²) in [7, 11) is 0. The van der Waals surface area contributed by atoms with Crippen LogP contribution in [-0.2, 0) is 16.1 Å². The van der Waals surface area contributed by atoms with E-state index in [-0.39, 0.29) is 22.7 Å². The van der Waals surface area contributed by atoms with Gasteiger partial charge in [0.05, 0.1) is 28.3 Å². The second-order valence-electron chi connectivity index (χ2n) is 7.98. The summed E-state index contributed by atoms with van der Waals surface area (Å²) in [6.07, 6.45) is -0.692. The number of anilines is 1. The first-order valence-corrected chi connectivity index (χ1v) is 11.3. The highest BCUT2D eigenvalue weighted by Crippen LogP contribution is 2.38. The van der Waals surface area contributed by atoms with Crippen LogP contribution >= 0.6 is 27.7 Å². The molecule has 1 heterocycles. The molecule has 1 atom stereocenters. The number of nitrogens with one attached hydrogen (secondary N) is 1. The molecule has 0 saturated carbocycles. The maximum Gasteiger partial charge on any atom is 0.408 e. The molecule has 2 amide bonds. The molecule has 9 heteroatoms. The van der Waals surface area contributed by atoms with Gasteiger partial charge >= 0.3 is 6.09 Å². The summed E-state index contributed by atoms with van der Waals surface area (Å²) >= 11 is 4.48. The molecule has 0 spiro atoms. The molecule has 1 aliphatic heterocycles. The van der Waals surface area contributed by atoms with Crippen molar-refractivity contribution in [2.45, 2.75) is 43.9 Å². The minimum atomic E-state index is -0.854. The molecule has 31 heavy (non-hydrogen) atoms. The van der Waals surface area contributed by atoms with Crippen LogP contribution in [0.3, 0.4) is 0 Å². The van der Waals surface area contributed by atoms with Crippen LogP contribution in [0.25, 0.3) is 0 Å². The number of amides is 2. The Morgan fingerprint density at radius 1 is 1.35 bits per heavy atom. The van der Waals surface area contributed by atoms with Crippen molar-refractivity contribution in [3.8, 4) is 6.07 Å². The maximum atomic E-state index is 14.2. The number of hydrogen-bond donors (Lipinski definition) is 1. The van der Waals surface area contributed by atoms with Gasteiger partial charge in [-0.1, -0.05) is 12.1 Å². The first kappa shape index (κ1) is 23.1. The Morgan fingerprint density at radius 2 is 2.03 bits per heavy atom. The predicted octanol–water partition coefficient (Wildman–Crippen LogP) is 4.99. The lowest BCUT2D eigenvalue weighted by atomic mass is 10.1. The highest BCUT2D eigenvalue weighted by molar-refractivity contribution is 9.10. The quantitative estimate of drug-likeness (QED) is 0.634. The number of ether oxygens (including phenoxy) is 1. The van der Waals surface area contributed by atoms with E-state index in [0.29, 0.717) is 16.1 Å². The van der Waals surface area contributed by atoms with Gasteiger partial charge in [-0.3, -0.25) is 4.79 Å². The Balaban J connectivity index is 1.94. The number of fused-ring (bicyclic) bond motifs is 1. The van der Waals surface area contributed by atoms with Gasteiger partial charge in [0, 0.05) is 10.6 Å². The van der Waals surface area contributed by atoms with Gasteiger partial charge < -0.3 is 15.0 Å². The Kier molecular flexibility index (Phi) is 6.92. The average molecular weight is 506 g/mol. The molecule has 1 unspecified atom stereocenters. The van der Waals surface area contributed by atoms with Crippen molar-refractivity contribution in [2.75, 3.05) is 10.7 Å². The van der Waals surface area contributed by atoms with Crippen LogP contribution in [0, 0.1) is 17.1 Å². The SMILES string of the molecule is CC(C)(C)OC(=O)NC1CSc2cc(F)c(Br)cc2N(Cc2ccc(C#N)cc2)C1=O. The van der Waals surface area contributed by atoms with Crippen LogP contribution in [0.15, 0.2) is 45.8 Å². The van der Waals surface area contributed by atoms with Crippen LogP contribution in [0.2, 0.25) is 0 Å². The molecule has 0 saturated heterocycles. The third kappa shape index (κ3) is 5.77. The Bertz CT molecular complexity index is 1050. The number of thioether (sulfide) groups is 1. The molecular weight excluding hydrogens is 485 g/mol. The summed E-state index contributed by atoms with van der Waals surface area (Å²) in [6, 6.07) is 11.0. The fourth-order valence-electron chi connectivity index (χ4n) is 2.98. The molecule has 0 radical (unpaired) electrons. The second kappa shape index (κ2) is 9.28. The summed E-state index contributed by atoms with van der Waals surface area (Å²) in [4.78, 5) is 27.8. The number of benzene rings is 2. The number of carbonyl (C=O) groups is 2. The zero-order valence-corrected chi connectivity index (χ0v) is 19.6. The van der Waals surface area contributed by atoms with E-state index in [2.05, 4.69) is 27.3 Å². The number of rotatable bonds is 3. The van der Waals surface area contributed by atoms with Gasteiger partial charge in [-0.05, 0) is 66.5 Å². The van der Waals surface area contributed by atoms with Crippen molar-refractivity contribution >= 4 is 45.4 Å². The van der Waals surface area contributed by atoms with Gasteiger partial charge in [-0.2, -0.15) is 5.26 Å². The molecule has 1 aliphatic rings. The highest BCUT2D eigenvalue weighted by Gasteiger charge is 2.33. The van der Waals surface area contributed by atoms with Gasteiger partial charge in [0.25, 0.3) is 5.91 Å². The predicted molar refractivity (Wildman–Crippen MR) is 120 cm³/mol. The van der Waals surface area contributed by atoms with Crippen LogP contribution in [0.5, 0.6) is 0 Å². The molecule has 1 N–H and O–H groups in total. The molecule has 6 nitrogen and oxygen atoms in total. The van der Waals surface area contributed by atoms with Gasteiger partial charge in [-0.25, -0.2) is 9.18 Å². The monoisotopic (exact) mass is 505 g/mol. The van der Waals surface area contributed by atoms with Crippen molar-refractivity contribution in [3.63, 3.8) is 0 Å². The van der Waals surface area contributed by atoms with E-state index in [1.807, 2.05) is 0 Å². The summed E-state index contributed by atoms with van der Waals surface area (Å²) < 4.78 is 19.7. The lowest BCUT2D eigenvalue weighted by Gasteiger charge is -2.27. The third-order valence-corrected chi connectivity index (χ3v) is 6.12. The molecule has 3 rings (SSSR count). The fraction of sp³-hybridized carbons (Fsp3) is 0.318. The normalized spacial score (nSPS) is 16.2. The molecule has 162 valence electrons. The number of nitriles is 1. The first-order valence-electron chi connectivity index (χ1n) is 9.49. The van der Waals surface area contributed by atoms with E-state index in [4.69, 9.17) is 10.00 Å². The van der Waals surface area contributed by atoms with Crippen LogP contribution < -0.4 is 10.2 Å². The lowest BCUT2D eigenvalue weighted by molar-refractivity contribution is -0.120. The molecule has 0 fully saturated rings. The molecule has 2 aromatic carbocycles. The van der Waals surface area contributed by atoms with Crippen molar-refractivity contribution < 1.29 is 18.7 Å². The molecule has 0 bridgehead atoms. The minimum absolute atomic E-state index is 0.197. The van der Waals surface area contributed by atoms with Crippen LogP contribution in [0.4, 0.5) is 14.9 Å². The standard InChI is InChI=1S/C22H21BrFN3O3S/c1-22(2,3)30-21(29)26-17-12-31-19-9-16(24)15(23)8-18(19)27(20(17)28)11-14-6-4-13(10-25)5-7-14/h4-9,17H,11-12H2,1-3H3,(H,26,29). The topological polar surface area (TPSA) is 82.4 Å². The van der Waals surface area contributed by atoms with Crippen LogP contribution in [-0.4, -0.2) is 29.4 Å².